The molecular weight excluding hydrogens is 483 g/mol. The maximum Gasteiger partial charge on any atom is 0.453 e. The first-order valence-electron chi connectivity index (χ1n) is 12.4. The van der Waals surface area contributed by atoms with Gasteiger partial charge in [0.15, 0.2) is 5.58 Å². The zero-order chi connectivity index (χ0) is 26.0. The Bertz CT molecular complexity index is 1440. The largest absolute Gasteiger partial charge is 0.507 e. The summed E-state index contributed by atoms with van der Waals surface area (Å²) in [6.45, 7) is 1.95. The summed E-state index contributed by atoms with van der Waals surface area (Å²) in [5, 5.41) is 10.5. The maximum absolute atomic E-state index is 14.1. The van der Waals surface area contributed by atoms with Crippen molar-refractivity contribution in [1.82, 2.24) is 0 Å². The lowest BCUT2D eigenvalue weighted by Crippen LogP contribution is -3.10. The minimum absolute atomic E-state index is 0.0640. The molecule has 8 heteroatoms. The summed E-state index contributed by atoms with van der Waals surface area (Å²) < 4.78 is 53.2. The molecule has 0 spiro atoms. The number of aromatic hydroxyl groups is 1. The summed E-state index contributed by atoms with van der Waals surface area (Å²) in [5.74, 6) is -2.56. The van der Waals surface area contributed by atoms with Gasteiger partial charge in [0.25, 0.3) is 5.76 Å². The molecule has 5 rings (SSSR count). The molecule has 1 fully saturated rings. The van der Waals surface area contributed by atoms with Crippen molar-refractivity contribution in [2.75, 3.05) is 13.1 Å². The molecule has 0 radical (unpaired) electrons. The van der Waals surface area contributed by atoms with E-state index in [-0.39, 0.29) is 34.6 Å². The summed E-state index contributed by atoms with van der Waals surface area (Å²) in [6, 6.07) is 18.5. The van der Waals surface area contributed by atoms with E-state index in [1.54, 1.807) is 12.1 Å². The van der Waals surface area contributed by atoms with E-state index in [2.05, 4.69) is 0 Å². The Labute approximate surface area is 211 Å². The van der Waals surface area contributed by atoms with E-state index in [0.29, 0.717) is 0 Å². The maximum atomic E-state index is 14.1. The topological polar surface area (TPSA) is 64.1 Å². The van der Waals surface area contributed by atoms with E-state index in [4.69, 9.17) is 9.15 Å². The van der Waals surface area contributed by atoms with Gasteiger partial charge in [-0.2, -0.15) is 13.2 Å². The number of likely N-dealkylation sites (tertiary alicyclic amines) is 1. The number of hydrogen-bond donors (Lipinski definition) is 2. The molecule has 3 aromatic carbocycles. The van der Waals surface area contributed by atoms with Crippen molar-refractivity contribution in [3.05, 3.63) is 88.3 Å². The van der Waals surface area contributed by atoms with Crippen LogP contribution in [-0.2, 0) is 12.7 Å². The number of quaternary nitrogens is 1. The Morgan fingerprint density at radius 2 is 1.51 bits per heavy atom. The van der Waals surface area contributed by atoms with Crippen LogP contribution < -0.4 is 15.1 Å². The highest BCUT2D eigenvalue weighted by molar-refractivity contribution is 5.83. The molecule has 4 aromatic rings. The number of rotatable bonds is 5. The normalized spacial score (nSPS) is 15.0. The molecule has 1 aliphatic heterocycles. The second-order valence-corrected chi connectivity index (χ2v) is 9.36. The number of phenolic OH excluding ortho intramolecular Hbond substituents is 1. The number of phenols is 1. The summed E-state index contributed by atoms with van der Waals surface area (Å²) >= 11 is 0. The van der Waals surface area contributed by atoms with Crippen molar-refractivity contribution in [3.8, 4) is 28.4 Å². The lowest BCUT2D eigenvalue weighted by Gasteiger charge is -2.19. The van der Waals surface area contributed by atoms with Crippen molar-refractivity contribution in [2.45, 2.75) is 38.4 Å². The molecular formula is C29H27F3NO4+. The summed E-state index contributed by atoms with van der Waals surface area (Å²) in [7, 11) is 0. The van der Waals surface area contributed by atoms with Crippen molar-refractivity contribution in [2.24, 2.45) is 0 Å². The van der Waals surface area contributed by atoms with Gasteiger partial charge in [0.1, 0.15) is 18.0 Å². The lowest BCUT2D eigenvalue weighted by atomic mass is 10.1. The van der Waals surface area contributed by atoms with Gasteiger partial charge in [-0.25, -0.2) is 0 Å². The molecule has 1 aliphatic rings. The second-order valence-electron chi connectivity index (χ2n) is 9.36. The summed E-state index contributed by atoms with van der Waals surface area (Å²) in [4.78, 5) is 14.5. The molecule has 2 heterocycles. The van der Waals surface area contributed by atoms with E-state index in [0.717, 1.165) is 54.8 Å². The fourth-order valence-electron chi connectivity index (χ4n) is 4.86. The van der Waals surface area contributed by atoms with E-state index in [1.807, 2.05) is 30.3 Å². The lowest BCUT2D eigenvalue weighted by molar-refractivity contribution is -0.913. The van der Waals surface area contributed by atoms with Crippen LogP contribution in [0.15, 0.2) is 75.9 Å². The molecule has 0 saturated carbocycles. The molecule has 37 heavy (non-hydrogen) atoms. The van der Waals surface area contributed by atoms with Gasteiger partial charge >= 0.3 is 6.18 Å². The number of hydrogen-bond acceptors (Lipinski definition) is 4. The van der Waals surface area contributed by atoms with Gasteiger partial charge in [-0.1, -0.05) is 42.5 Å². The van der Waals surface area contributed by atoms with Crippen molar-refractivity contribution < 1.29 is 32.3 Å². The fourth-order valence-corrected chi connectivity index (χ4v) is 4.86. The van der Waals surface area contributed by atoms with E-state index in [1.165, 1.54) is 24.3 Å². The Morgan fingerprint density at radius 3 is 2.16 bits per heavy atom. The Morgan fingerprint density at radius 1 is 0.865 bits per heavy atom. The van der Waals surface area contributed by atoms with Crippen LogP contribution in [0.4, 0.5) is 13.2 Å². The minimum Gasteiger partial charge on any atom is -0.507 e. The first-order chi connectivity index (χ1) is 17.8. The Hall–Kier alpha value is -3.78. The average Bonchev–Trinajstić information content (AvgIpc) is 3.16. The molecule has 1 saturated heterocycles. The molecule has 192 valence electrons. The van der Waals surface area contributed by atoms with Crippen LogP contribution in [0.5, 0.6) is 17.2 Å². The van der Waals surface area contributed by atoms with Crippen molar-refractivity contribution >= 4 is 11.0 Å². The molecule has 1 aromatic heterocycles. The summed E-state index contributed by atoms with van der Waals surface area (Å²) in [6.07, 6.45) is -0.777. The van der Waals surface area contributed by atoms with Crippen LogP contribution in [0.2, 0.25) is 0 Å². The van der Waals surface area contributed by atoms with Crippen LogP contribution in [0.25, 0.3) is 22.1 Å². The van der Waals surface area contributed by atoms with Crippen LogP contribution in [-0.4, -0.2) is 18.2 Å². The minimum atomic E-state index is -4.98. The first-order valence-corrected chi connectivity index (χ1v) is 12.4. The van der Waals surface area contributed by atoms with Gasteiger partial charge in [0.2, 0.25) is 11.2 Å². The molecule has 2 N–H and O–H groups in total. The number of fused-ring (bicyclic) bond motifs is 1. The number of nitrogens with one attached hydrogen (secondary N) is 1. The predicted octanol–water partition coefficient (Wildman–Crippen LogP) is 5.94. The highest BCUT2D eigenvalue weighted by Crippen LogP contribution is 2.40. The van der Waals surface area contributed by atoms with Crippen LogP contribution in [0.1, 0.15) is 37.0 Å². The molecule has 0 bridgehead atoms. The molecule has 0 unspecified atom stereocenters. The Balaban J connectivity index is 1.55. The van der Waals surface area contributed by atoms with Gasteiger partial charge in [-0.3, -0.25) is 4.79 Å². The Kier molecular flexibility index (Phi) is 6.93. The molecule has 0 atom stereocenters. The van der Waals surface area contributed by atoms with Crippen LogP contribution in [0, 0.1) is 0 Å². The smallest absolute Gasteiger partial charge is 0.453 e. The zero-order valence-corrected chi connectivity index (χ0v) is 20.1. The SMILES string of the molecule is O=c1c(Oc2ccc(-c3ccccc3)cc2)c(C(F)(F)F)oc2c(C[NH+]3CCCCCC3)c(O)ccc12. The molecule has 0 amide bonds. The van der Waals surface area contributed by atoms with Crippen molar-refractivity contribution in [1.29, 1.82) is 0 Å². The van der Waals surface area contributed by atoms with Gasteiger partial charge in [0.05, 0.1) is 24.0 Å². The zero-order valence-electron chi connectivity index (χ0n) is 20.1. The number of ether oxygens (including phenoxy) is 1. The van der Waals surface area contributed by atoms with E-state index in [9.17, 15) is 23.1 Å². The van der Waals surface area contributed by atoms with E-state index >= 15 is 0 Å². The molecule has 0 aliphatic carbocycles. The van der Waals surface area contributed by atoms with Crippen molar-refractivity contribution in [3.63, 3.8) is 0 Å². The third-order valence-corrected chi connectivity index (χ3v) is 6.77. The highest BCUT2D eigenvalue weighted by atomic mass is 19.4. The highest BCUT2D eigenvalue weighted by Gasteiger charge is 2.41. The van der Waals surface area contributed by atoms with Gasteiger partial charge in [0, 0.05) is 0 Å². The number of halogens is 3. The van der Waals surface area contributed by atoms with Crippen LogP contribution in [0.3, 0.4) is 0 Å². The second kappa shape index (κ2) is 10.3. The molecule has 5 nitrogen and oxygen atoms in total. The standard InChI is InChI=1S/C29H26F3NO4/c30-29(31,32)28-27(36-21-12-10-20(11-13-21)19-8-4-3-5-9-19)25(35)22-14-15-24(34)23(26(22)37-28)18-33-16-6-1-2-7-17-33/h3-5,8-15,34H,1-2,6-7,16-18H2/p+1. The predicted molar refractivity (Wildman–Crippen MR) is 134 cm³/mol. The van der Waals surface area contributed by atoms with Gasteiger partial charge < -0.3 is 19.2 Å². The summed E-state index contributed by atoms with van der Waals surface area (Å²) in [5.41, 5.74) is 0.809. The van der Waals surface area contributed by atoms with Crippen LogP contribution >= 0.6 is 0 Å². The number of benzene rings is 3. The average molecular weight is 511 g/mol. The third kappa shape index (κ3) is 5.34. The first kappa shape index (κ1) is 24.9. The van der Waals surface area contributed by atoms with E-state index < -0.39 is 23.1 Å². The number of alkyl halides is 3. The third-order valence-electron chi connectivity index (χ3n) is 6.77. The van der Waals surface area contributed by atoms with Gasteiger partial charge in [-0.15, -0.1) is 0 Å². The fraction of sp³-hybridized carbons (Fsp3) is 0.276. The quantitative estimate of drug-likeness (QED) is 0.349. The monoisotopic (exact) mass is 510 g/mol. The van der Waals surface area contributed by atoms with Gasteiger partial charge in [-0.05, 0) is 61.1 Å².